The number of rotatable bonds is 7. The van der Waals surface area contributed by atoms with E-state index in [4.69, 9.17) is 13.9 Å². The van der Waals surface area contributed by atoms with Crippen LogP contribution >= 0.6 is 11.8 Å². The second kappa shape index (κ2) is 9.65. The van der Waals surface area contributed by atoms with Crippen LogP contribution in [-0.4, -0.2) is 49.0 Å². The topological polar surface area (TPSA) is 86.0 Å². The van der Waals surface area contributed by atoms with Crippen molar-refractivity contribution in [3.8, 4) is 0 Å². The standard InChI is InChI=1S/C21H25NO6S/c1-21(2,3)28-18(23)12-22(4)19(24)15-8-6-7-9-17(15)29-13-16-14(10-11-27-16)20(25)26-5/h6-11H,12-13H2,1-5H3. The molecule has 0 saturated carbocycles. The van der Waals surface area contributed by atoms with Gasteiger partial charge in [0.15, 0.2) is 0 Å². The zero-order valence-electron chi connectivity index (χ0n) is 17.2. The maximum atomic E-state index is 12.9. The first-order chi connectivity index (χ1) is 13.6. The van der Waals surface area contributed by atoms with Crippen LogP contribution in [0.15, 0.2) is 45.9 Å². The number of furan rings is 1. The van der Waals surface area contributed by atoms with Crippen molar-refractivity contribution in [2.45, 2.75) is 37.0 Å². The highest BCUT2D eigenvalue weighted by Crippen LogP contribution is 2.29. The Morgan fingerprint density at radius 1 is 1.10 bits per heavy atom. The summed E-state index contributed by atoms with van der Waals surface area (Å²) in [6.45, 7) is 5.17. The first kappa shape index (κ1) is 22.5. The number of hydrogen-bond donors (Lipinski definition) is 0. The number of ether oxygens (including phenoxy) is 2. The van der Waals surface area contributed by atoms with Crippen LogP contribution in [0.2, 0.25) is 0 Å². The number of nitrogens with zero attached hydrogens (tertiary/aromatic N) is 1. The molecule has 156 valence electrons. The Morgan fingerprint density at radius 2 is 1.79 bits per heavy atom. The van der Waals surface area contributed by atoms with Crippen molar-refractivity contribution in [3.05, 3.63) is 53.5 Å². The Hall–Kier alpha value is -2.74. The number of hydrogen-bond acceptors (Lipinski definition) is 7. The Balaban J connectivity index is 2.10. The summed E-state index contributed by atoms with van der Waals surface area (Å²) >= 11 is 1.36. The molecule has 0 unspecified atom stereocenters. The van der Waals surface area contributed by atoms with Gasteiger partial charge in [0, 0.05) is 11.9 Å². The number of likely N-dealkylation sites (N-methyl/N-ethyl adjacent to an activating group) is 1. The van der Waals surface area contributed by atoms with E-state index in [2.05, 4.69) is 0 Å². The molecule has 0 bridgehead atoms. The van der Waals surface area contributed by atoms with Gasteiger partial charge in [-0.15, -0.1) is 11.8 Å². The molecule has 0 spiro atoms. The van der Waals surface area contributed by atoms with Gasteiger partial charge >= 0.3 is 11.9 Å². The van der Waals surface area contributed by atoms with Crippen molar-refractivity contribution in [3.63, 3.8) is 0 Å². The molecule has 0 aliphatic rings. The quantitative estimate of drug-likeness (QED) is 0.499. The first-order valence-electron chi connectivity index (χ1n) is 8.96. The average Bonchev–Trinajstić information content (AvgIpc) is 3.12. The summed E-state index contributed by atoms with van der Waals surface area (Å²) in [6, 6.07) is 8.62. The third-order valence-corrected chi connectivity index (χ3v) is 4.83. The molecule has 0 saturated heterocycles. The van der Waals surface area contributed by atoms with Crippen LogP contribution in [0.25, 0.3) is 0 Å². The molecule has 2 aromatic rings. The molecule has 7 nitrogen and oxygen atoms in total. The highest BCUT2D eigenvalue weighted by molar-refractivity contribution is 7.98. The summed E-state index contributed by atoms with van der Waals surface area (Å²) in [7, 11) is 2.86. The molecule has 1 aromatic heterocycles. The number of benzene rings is 1. The van der Waals surface area contributed by atoms with Crippen LogP contribution in [0, 0.1) is 0 Å². The number of esters is 2. The summed E-state index contributed by atoms with van der Waals surface area (Å²) in [5.74, 6) is -0.442. The lowest BCUT2D eigenvalue weighted by molar-refractivity contribution is -0.155. The number of carbonyl (C=O) groups excluding carboxylic acids is 3. The second-order valence-corrected chi connectivity index (χ2v) is 8.30. The van der Waals surface area contributed by atoms with Gasteiger partial charge in [-0.3, -0.25) is 9.59 Å². The molecule has 1 heterocycles. The Bertz CT molecular complexity index is 883. The lowest BCUT2D eigenvalue weighted by Gasteiger charge is -2.23. The minimum atomic E-state index is -0.616. The minimum Gasteiger partial charge on any atom is -0.468 e. The number of thioether (sulfide) groups is 1. The molecule has 29 heavy (non-hydrogen) atoms. The van der Waals surface area contributed by atoms with E-state index in [9.17, 15) is 14.4 Å². The van der Waals surface area contributed by atoms with Crippen molar-refractivity contribution in [1.82, 2.24) is 4.90 Å². The molecule has 0 atom stereocenters. The van der Waals surface area contributed by atoms with Gasteiger partial charge in [-0.2, -0.15) is 0 Å². The van der Waals surface area contributed by atoms with Crippen LogP contribution in [0.5, 0.6) is 0 Å². The molecule has 0 fully saturated rings. The molecule has 0 radical (unpaired) electrons. The fourth-order valence-corrected chi connectivity index (χ4v) is 3.50. The highest BCUT2D eigenvalue weighted by atomic mass is 32.2. The van der Waals surface area contributed by atoms with Gasteiger partial charge < -0.3 is 18.8 Å². The van der Waals surface area contributed by atoms with E-state index in [1.807, 2.05) is 6.07 Å². The zero-order valence-corrected chi connectivity index (χ0v) is 18.0. The van der Waals surface area contributed by atoms with Crippen LogP contribution in [0.4, 0.5) is 0 Å². The smallest absolute Gasteiger partial charge is 0.341 e. The SMILES string of the molecule is COC(=O)c1ccoc1CSc1ccccc1C(=O)N(C)CC(=O)OC(C)(C)C. The third-order valence-electron chi connectivity index (χ3n) is 3.76. The van der Waals surface area contributed by atoms with E-state index in [0.717, 1.165) is 0 Å². The summed E-state index contributed by atoms with van der Waals surface area (Å²) in [4.78, 5) is 38.7. The molecular formula is C21H25NO6S. The van der Waals surface area contributed by atoms with E-state index >= 15 is 0 Å². The molecular weight excluding hydrogens is 394 g/mol. The van der Waals surface area contributed by atoms with Gasteiger partial charge in [0.25, 0.3) is 5.91 Å². The van der Waals surface area contributed by atoms with E-state index in [0.29, 0.717) is 27.5 Å². The molecule has 2 rings (SSSR count). The van der Waals surface area contributed by atoms with E-state index in [1.54, 1.807) is 52.1 Å². The molecule has 1 amide bonds. The normalized spacial score (nSPS) is 11.1. The molecule has 0 N–H and O–H groups in total. The number of methoxy groups -OCH3 is 1. The van der Waals surface area contributed by atoms with Crippen LogP contribution in [-0.2, 0) is 20.0 Å². The van der Waals surface area contributed by atoms with Crippen LogP contribution < -0.4 is 0 Å². The molecule has 8 heteroatoms. The lowest BCUT2D eigenvalue weighted by atomic mass is 10.2. The summed E-state index contributed by atoms with van der Waals surface area (Å²) < 4.78 is 15.4. The first-order valence-corrected chi connectivity index (χ1v) is 9.94. The molecule has 0 aliphatic carbocycles. The van der Waals surface area contributed by atoms with Crippen molar-refractivity contribution in [2.75, 3.05) is 20.7 Å². The average molecular weight is 419 g/mol. The Morgan fingerprint density at radius 3 is 2.45 bits per heavy atom. The molecule has 1 aromatic carbocycles. The Kier molecular flexibility index (Phi) is 7.50. The van der Waals surface area contributed by atoms with Gasteiger partial charge in [0.05, 0.1) is 24.7 Å². The fraction of sp³-hybridized carbons (Fsp3) is 0.381. The predicted molar refractivity (Wildman–Crippen MR) is 109 cm³/mol. The summed E-state index contributed by atoms with van der Waals surface area (Å²) in [5.41, 5.74) is 0.190. The number of carbonyl (C=O) groups is 3. The zero-order chi connectivity index (χ0) is 21.6. The summed E-state index contributed by atoms with van der Waals surface area (Å²) in [6.07, 6.45) is 1.42. The fourth-order valence-electron chi connectivity index (χ4n) is 2.50. The lowest BCUT2D eigenvalue weighted by Crippen LogP contribution is -2.36. The van der Waals surface area contributed by atoms with Crippen molar-refractivity contribution < 1.29 is 28.3 Å². The van der Waals surface area contributed by atoms with Crippen LogP contribution in [0.3, 0.4) is 0 Å². The van der Waals surface area contributed by atoms with E-state index in [-0.39, 0.29) is 12.5 Å². The molecule has 0 aliphatic heterocycles. The second-order valence-electron chi connectivity index (χ2n) is 7.28. The van der Waals surface area contributed by atoms with Crippen LogP contribution in [0.1, 0.15) is 47.2 Å². The highest BCUT2D eigenvalue weighted by Gasteiger charge is 2.22. The van der Waals surface area contributed by atoms with Crippen molar-refractivity contribution >= 4 is 29.6 Å². The van der Waals surface area contributed by atoms with Gasteiger partial charge in [-0.25, -0.2) is 4.79 Å². The minimum absolute atomic E-state index is 0.153. The Labute approximate surface area is 174 Å². The van der Waals surface area contributed by atoms with E-state index in [1.165, 1.54) is 30.0 Å². The monoisotopic (exact) mass is 419 g/mol. The van der Waals surface area contributed by atoms with E-state index < -0.39 is 17.5 Å². The van der Waals surface area contributed by atoms with Gasteiger partial charge in [0.1, 0.15) is 23.5 Å². The van der Waals surface area contributed by atoms with Crippen molar-refractivity contribution in [1.29, 1.82) is 0 Å². The van der Waals surface area contributed by atoms with Gasteiger partial charge in [0.2, 0.25) is 0 Å². The van der Waals surface area contributed by atoms with Crippen molar-refractivity contribution in [2.24, 2.45) is 0 Å². The maximum Gasteiger partial charge on any atom is 0.341 e. The van der Waals surface area contributed by atoms with Gasteiger partial charge in [-0.1, -0.05) is 12.1 Å². The number of amides is 1. The van der Waals surface area contributed by atoms with Gasteiger partial charge in [-0.05, 0) is 39.0 Å². The third kappa shape index (κ3) is 6.39. The summed E-state index contributed by atoms with van der Waals surface area (Å²) in [5, 5.41) is 0. The predicted octanol–water partition coefficient (Wildman–Crippen LogP) is 3.77. The maximum absolute atomic E-state index is 12.9. The largest absolute Gasteiger partial charge is 0.468 e.